The first-order valence-corrected chi connectivity index (χ1v) is 14.0. The largest absolute Gasteiger partial charge is 0.395 e. The second-order valence-electron chi connectivity index (χ2n) is 7.84. The fraction of sp³-hybridized carbons (Fsp3) is 0.385. The van der Waals surface area contributed by atoms with Crippen LogP contribution in [0.25, 0.3) is 11.1 Å². The number of nitrogens with zero attached hydrogens (tertiary/aromatic N) is 1. The molecule has 2 rings (SSSR count). The number of carbonyl (C=O) groups is 1. The molecule has 0 unspecified atom stereocenters. The van der Waals surface area contributed by atoms with Crippen LogP contribution in [0, 0.1) is 23.7 Å². The number of terminal acetylenes is 1. The molecule has 0 bridgehead atoms. The molecule has 2 aromatic carbocycles. The molecule has 0 spiro atoms. The predicted octanol–water partition coefficient (Wildman–Crippen LogP) is 3.92. The first kappa shape index (κ1) is 27.5. The molecule has 0 fully saturated rings. The van der Waals surface area contributed by atoms with Crippen LogP contribution in [0.15, 0.2) is 47.4 Å². The second kappa shape index (κ2) is 14.5. The number of thioether (sulfide) groups is 1. The number of nitrogens with one attached hydrogen (secondary N) is 1. The number of benzene rings is 2. The van der Waals surface area contributed by atoms with Crippen molar-refractivity contribution in [2.24, 2.45) is 0 Å². The van der Waals surface area contributed by atoms with E-state index in [0.29, 0.717) is 11.1 Å². The maximum absolute atomic E-state index is 12.3. The zero-order chi connectivity index (χ0) is 24.8. The van der Waals surface area contributed by atoms with E-state index in [1.165, 1.54) is 0 Å². The molecule has 0 radical (unpaired) electrons. The standard InChI is InChI=1S/C26H30N2O4S2/c1-2-3-4-5-6-7-16-33-25-17-23(12-13-24(25)18-27)22-10-8-21(9-11-22)19-34(31,32)20-26(30)28-14-15-29/h1,8-13,17,29H,3-7,14-16,19-20H2,(H,28,30). The molecule has 0 heterocycles. The minimum absolute atomic E-state index is 0.0282. The van der Waals surface area contributed by atoms with Crippen LogP contribution in [0.5, 0.6) is 0 Å². The van der Waals surface area contributed by atoms with Crippen molar-refractivity contribution in [1.82, 2.24) is 5.32 Å². The van der Waals surface area contributed by atoms with Gasteiger partial charge in [-0.25, -0.2) is 8.42 Å². The molecule has 2 aromatic rings. The molecule has 0 aliphatic rings. The van der Waals surface area contributed by atoms with E-state index in [0.717, 1.165) is 53.9 Å². The normalized spacial score (nSPS) is 10.9. The molecule has 0 saturated carbocycles. The molecule has 0 aliphatic heterocycles. The summed E-state index contributed by atoms with van der Waals surface area (Å²) in [6.45, 7) is -0.212. The van der Waals surface area contributed by atoms with Crippen molar-refractivity contribution in [3.05, 3.63) is 53.6 Å². The van der Waals surface area contributed by atoms with Crippen LogP contribution in [0.1, 0.15) is 43.2 Å². The van der Waals surface area contributed by atoms with Crippen molar-refractivity contribution in [2.45, 2.75) is 42.8 Å². The van der Waals surface area contributed by atoms with E-state index in [1.54, 1.807) is 23.9 Å². The van der Waals surface area contributed by atoms with Gasteiger partial charge in [-0.2, -0.15) is 5.26 Å². The minimum atomic E-state index is -3.62. The van der Waals surface area contributed by atoms with Crippen LogP contribution in [0.4, 0.5) is 0 Å². The minimum Gasteiger partial charge on any atom is -0.395 e. The molecular weight excluding hydrogens is 468 g/mol. The summed E-state index contributed by atoms with van der Waals surface area (Å²) in [6.07, 6.45) is 10.4. The fourth-order valence-corrected chi connectivity index (χ4v) is 5.67. The highest BCUT2D eigenvalue weighted by atomic mass is 32.2. The summed E-state index contributed by atoms with van der Waals surface area (Å²) in [5, 5.41) is 20.5. The SMILES string of the molecule is C#CCCCCCCSc1cc(-c2ccc(CS(=O)(=O)CC(=O)NCCO)cc2)ccc1C#N. The van der Waals surface area contributed by atoms with Gasteiger partial charge in [0, 0.05) is 17.9 Å². The Balaban J connectivity index is 2.00. The zero-order valence-electron chi connectivity index (χ0n) is 19.1. The number of unbranched alkanes of at least 4 members (excludes halogenated alkanes) is 4. The first-order chi connectivity index (χ1) is 16.4. The molecule has 8 heteroatoms. The number of sulfone groups is 1. The van der Waals surface area contributed by atoms with Crippen LogP contribution < -0.4 is 5.32 Å². The maximum atomic E-state index is 12.3. The Kier molecular flexibility index (Phi) is 11.7. The van der Waals surface area contributed by atoms with Crippen LogP contribution in [0.2, 0.25) is 0 Å². The number of aliphatic hydroxyl groups excluding tert-OH is 1. The molecule has 1 amide bonds. The average molecular weight is 499 g/mol. The summed E-state index contributed by atoms with van der Waals surface area (Å²) in [5.41, 5.74) is 3.10. The molecule has 6 nitrogen and oxygen atoms in total. The van der Waals surface area contributed by atoms with Gasteiger partial charge in [0.15, 0.2) is 9.84 Å². The lowest BCUT2D eigenvalue weighted by atomic mass is 10.0. The second-order valence-corrected chi connectivity index (χ2v) is 11.0. The Labute approximate surface area is 206 Å². The average Bonchev–Trinajstić information content (AvgIpc) is 2.82. The highest BCUT2D eigenvalue weighted by molar-refractivity contribution is 7.99. The third-order valence-corrected chi connectivity index (χ3v) is 7.65. The van der Waals surface area contributed by atoms with Gasteiger partial charge >= 0.3 is 0 Å². The summed E-state index contributed by atoms with van der Waals surface area (Å²) in [7, 11) is -3.62. The Hall–Kier alpha value is -2.78. The topological polar surface area (TPSA) is 107 Å². The van der Waals surface area contributed by atoms with Gasteiger partial charge in [0.2, 0.25) is 5.91 Å². The Morgan fingerprint density at radius 2 is 1.76 bits per heavy atom. The maximum Gasteiger partial charge on any atom is 0.235 e. The number of hydrogen-bond acceptors (Lipinski definition) is 6. The lowest BCUT2D eigenvalue weighted by Crippen LogP contribution is -2.32. The lowest BCUT2D eigenvalue weighted by Gasteiger charge is -2.09. The lowest BCUT2D eigenvalue weighted by molar-refractivity contribution is -0.118. The van der Waals surface area contributed by atoms with Gasteiger partial charge in [0.05, 0.1) is 17.9 Å². The van der Waals surface area contributed by atoms with Crippen LogP contribution >= 0.6 is 11.8 Å². The number of nitriles is 1. The fourth-order valence-electron chi connectivity index (χ4n) is 3.32. The van der Waals surface area contributed by atoms with E-state index in [1.807, 2.05) is 30.3 Å². The highest BCUT2D eigenvalue weighted by Crippen LogP contribution is 2.30. The Morgan fingerprint density at radius 3 is 2.44 bits per heavy atom. The molecular formula is C26H30N2O4S2. The Bertz CT molecular complexity index is 1130. The third kappa shape index (κ3) is 9.61. The number of carbonyl (C=O) groups excluding carboxylic acids is 1. The van der Waals surface area contributed by atoms with Gasteiger partial charge in [-0.15, -0.1) is 24.1 Å². The molecule has 0 saturated heterocycles. The van der Waals surface area contributed by atoms with E-state index in [4.69, 9.17) is 11.5 Å². The molecule has 2 N–H and O–H groups in total. The Morgan fingerprint density at radius 1 is 1.06 bits per heavy atom. The summed E-state index contributed by atoms with van der Waals surface area (Å²) < 4.78 is 24.6. The van der Waals surface area contributed by atoms with Gasteiger partial charge in [-0.1, -0.05) is 43.2 Å². The van der Waals surface area contributed by atoms with Gasteiger partial charge in [-0.3, -0.25) is 4.79 Å². The number of rotatable bonds is 14. The summed E-state index contributed by atoms with van der Waals surface area (Å²) >= 11 is 1.67. The smallest absolute Gasteiger partial charge is 0.235 e. The quantitative estimate of drug-likeness (QED) is 0.232. The van der Waals surface area contributed by atoms with E-state index in [-0.39, 0.29) is 18.9 Å². The number of aliphatic hydroxyl groups is 1. The van der Waals surface area contributed by atoms with E-state index in [2.05, 4.69) is 17.3 Å². The molecule has 0 atom stereocenters. The van der Waals surface area contributed by atoms with Crippen LogP contribution in [0.3, 0.4) is 0 Å². The molecule has 180 valence electrons. The van der Waals surface area contributed by atoms with Gasteiger partial charge < -0.3 is 10.4 Å². The van der Waals surface area contributed by atoms with Crippen molar-refractivity contribution >= 4 is 27.5 Å². The summed E-state index contributed by atoms with van der Waals surface area (Å²) in [4.78, 5) is 12.6. The number of amides is 1. The molecule has 34 heavy (non-hydrogen) atoms. The van der Waals surface area contributed by atoms with Gasteiger partial charge in [0.25, 0.3) is 0 Å². The third-order valence-electron chi connectivity index (χ3n) is 5.03. The van der Waals surface area contributed by atoms with E-state index >= 15 is 0 Å². The summed E-state index contributed by atoms with van der Waals surface area (Å²) in [5.74, 6) is 2.10. The summed E-state index contributed by atoms with van der Waals surface area (Å²) in [6, 6.07) is 15.1. The zero-order valence-corrected chi connectivity index (χ0v) is 20.8. The van der Waals surface area contributed by atoms with Crippen molar-refractivity contribution in [1.29, 1.82) is 5.26 Å². The van der Waals surface area contributed by atoms with Crippen molar-refractivity contribution in [2.75, 3.05) is 24.7 Å². The van der Waals surface area contributed by atoms with Crippen LogP contribution in [-0.4, -0.2) is 44.1 Å². The highest BCUT2D eigenvalue weighted by Gasteiger charge is 2.17. The molecule has 0 aromatic heterocycles. The predicted molar refractivity (Wildman–Crippen MR) is 137 cm³/mol. The van der Waals surface area contributed by atoms with E-state index < -0.39 is 21.5 Å². The monoisotopic (exact) mass is 498 g/mol. The van der Waals surface area contributed by atoms with Gasteiger partial charge in [-0.05, 0) is 47.4 Å². The van der Waals surface area contributed by atoms with Crippen molar-refractivity contribution in [3.63, 3.8) is 0 Å². The first-order valence-electron chi connectivity index (χ1n) is 11.2. The van der Waals surface area contributed by atoms with Crippen LogP contribution in [-0.2, 0) is 20.4 Å². The van der Waals surface area contributed by atoms with Crippen molar-refractivity contribution in [3.8, 4) is 29.5 Å². The van der Waals surface area contributed by atoms with E-state index in [9.17, 15) is 18.5 Å². The van der Waals surface area contributed by atoms with Crippen molar-refractivity contribution < 1.29 is 18.3 Å². The molecule has 0 aliphatic carbocycles. The van der Waals surface area contributed by atoms with Gasteiger partial charge in [0.1, 0.15) is 11.8 Å². The number of hydrogen-bond donors (Lipinski definition) is 2.